The lowest BCUT2D eigenvalue weighted by Gasteiger charge is -2.16. The van der Waals surface area contributed by atoms with Gasteiger partial charge in [0.15, 0.2) is 0 Å². The summed E-state index contributed by atoms with van der Waals surface area (Å²) in [7, 11) is 0. The van der Waals surface area contributed by atoms with E-state index in [2.05, 4.69) is 15.5 Å². The predicted molar refractivity (Wildman–Crippen MR) is 86.4 cm³/mol. The van der Waals surface area contributed by atoms with Gasteiger partial charge >= 0.3 is 6.01 Å². The van der Waals surface area contributed by atoms with E-state index in [1.54, 1.807) is 0 Å². The molecule has 2 fully saturated rings. The summed E-state index contributed by atoms with van der Waals surface area (Å²) in [6.07, 6.45) is -2.41. The second-order valence-corrected chi connectivity index (χ2v) is 6.92. The van der Waals surface area contributed by atoms with E-state index in [0.717, 1.165) is 0 Å². The number of alkyl halides is 4. The summed E-state index contributed by atoms with van der Waals surface area (Å²) in [5.41, 5.74) is -0.694. The van der Waals surface area contributed by atoms with Crippen molar-refractivity contribution in [2.45, 2.75) is 25.2 Å². The summed E-state index contributed by atoms with van der Waals surface area (Å²) in [5, 5.41) is 10.2. The maximum Gasteiger partial charge on any atom is 0.316 e. The molecule has 1 aromatic carbocycles. The van der Waals surface area contributed by atoms with Crippen molar-refractivity contribution in [3.63, 3.8) is 0 Å². The molecule has 1 N–H and O–H groups in total. The van der Waals surface area contributed by atoms with Gasteiger partial charge in [0.25, 0.3) is 12.3 Å². The summed E-state index contributed by atoms with van der Waals surface area (Å²) in [6, 6.07) is 5.38. The fraction of sp³-hybridized carbons (Fsp3) is 0.471. The van der Waals surface area contributed by atoms with E-state index in [-0.39, 0.29) is 42.9 Å². The molecule has 0 unspecified atom stereocenters. The van der Waals surface area contributed by atoms with E-state index in [1.807, 2.05) is 0 Å². The monoisotopic (exact) mass is 384 g/mol. The Morgan fingerprint density at radius 1 is 1.26 bits per heavy atom. The lowest BCUT2D eigenvalue weighted by molar-refractivity contribution is -0.128. The van der Waals surface area contributed by atoms with Crippen LogP contribution in [0.4, 0.5) is 23.6 Å². The fourth-order valence-corrected chi connectivity index (χ4v) is 3.35. The lowest BCUT2D eigenvalue weighted by atomic mass is 10.1. The van der Waals surface area contributed by atoms with Gasteiger partial charge in [-0.3, -0.25) is 4.79 Å². The number of rotatable bonds is 5. The standard InChI is InChI=1S/C17H16F4N4O2/c18-13(19)10-1-3-11(4-2-10)14-23-24-15(27-14)22-7-12(26)25-6-5-16(9-25)8-17(16,20)21/h1-4,13H,5-9H2,(H,22,24)/t16-/m0/s1. The number of anilines is 1. The average molecular weight is 384 g/mol. The van der Waals surface area contributed by atoms with Crippen molar-refractivity contribution in [1.29, 1.82) is 0 Å². The molecule has 1 atom stereocenters. The normalized spacial score (nSPS) is 23.2. The molecule has 6 nitrogen and oxygen atoms in total. The average Bonchev–Trinajstić information content (AvgIpc) is 3.06. The number of carbonyl (C=O) groups is 1. The first kappa shape index (κ1) is 17.7. The van der Waals surface area contributed by atoms with Crippen LogP contribution in [0.3, 0.4) is 0 Å². The second-order valence-electron chi connectivity index (χ2n) is 6.92. The van der Waals surface area contributed by atoms with Crippen LogP contribution in [0.25, 0.3) is 11.5 Å². The number of nitrogens with zero attached hydrogens (tertiary/aromatic N) is 3. The van der Waals surface area contributed by atoms with Crippen LogP contribution in [0.2, 0.25) is 0 Å². The van der Waals surface area contributed by atoms with E-state index >= 15 is 0 Å². The molecule has 1 saturated heterocycles. The molecule has 1 spiro atoms. The van der Waals surface area contributed by atoms with Crippen molar-refractivity contribution in [3.8, 4) is 11.5 Å². The van der Waals surface area contributed by atoms with Gasteiger partial charge in [0, 0.05) is 30.6 Å². The highest BCUT2D eigenvalue weighted by Gasteiger charge is 2.72. The van der Waals surface area contributed by atoms with Crippen molar-refractivity contribution in [1.82, 2.24) is 15.1 Å². The summed E-state index contributed by atoms with van der Waals surface area (Å²) in [4.78, 5) is 13.6. The van der Waals surface area contributed by atoms with Crippen LogP contribution in [-0.2, 0) is 4.79 Å². The Kier molecular flexibility index (Phi) is 4.08. The Morgan fingerprint density at radius 2 is 1.96 bits per heavy atom. The Labute approximate surface area is 151 Å². The molecule has 2 aliphatic rings. The summed E-state index contributed by atoms with van der Waals surface area (Å²) < 4.78 is 57.3. The van der Waals surface area contributed by atoms with Crippen molar-refractivity contribution < 1.29 is 26.8 Å². The molecule has 2 heterocycles. The van der Waals surface area contributed by atoms with Gasteiger partial charge in [-0.15, -0.1) is 5.10 Å². The van der Waals surface area contributed by atoms with Gasteiger partial charge in [0.05, 0.1) is 12.0 Å². The first-order valence-corrected chi connectivity index (χ1v) is 8.41. The highest BCUT2D eigenvalue weighted by atomic mass is 19.3. The van der Waals surface area contributed by atoms with Gasteiger partial charge in [-0.25, -0.2) is 17.6 Å². The summed E-state index contributed by atoms with van der Waals surface area (Å²) in [6.45, 7) is 0.210. The van der Waals surface area contributed by atoms with Crippen molar-refractivity contribution >= 4 is 11.9 Å². The van der Waals surface area contributed by atoms with Crippen LogP contribution >= 0.6 is 0 Å². The minimum Gasteiger partial charge on any atom is -0.403 e. The minimum absolute atomic E-state index is 0.0121. The third-order valence-corrected chi connectivity index (χ3v) is 5.14. The molecule has 1 amide bonds. The molecule has 4 rings (SSSR count). The maximum atomic E-state index is 13.4. The third-order valence-electron chi connectivity index (χ3n) is 5.14. The predicted octanol–water partition coefficient (Wildman–Crippen LogP) is 3.34. The SMILES string of the molecule is O=C(CNc1nnc(-c2ccc(C(F)F)cc2)o1)N1CC[C@@]2(C1)CC2(F)F. The number of aromatic nitrogens is 2. The number of likely N-dealkylation sites (tertiary alicyclic amines) is 1. The number of carbonyl (C=O) groups excluding carboxylic acids is 1. The van der Waals surface area contributed by atoms with E-state index in [9.17, 15) is 22.4 Å². The van der Waals surface area contributed by atoms with Gasteiger partial charge in [-0.05, 0) is 18.6 Å². The van der Waals surface area contributed by atoms with Gasteiger partial charge in [0.2, 0.25) is 11.8 Å². The number of nitrogens with one attached hydrogen (secondary N) is 1. The molecular formula is C17H16F4N4O2. The molecule has 10 heteroatoms. The zero-order valence-corrected chi connectivity index (χ0v) is 14.1. The van der Waals surface area contributed by atoms with Crippen LogP contribution in [0.1, 0.15) is 24.8 Å². The lowest BCUT2D eigenvalue weighted by Crippen LogP contribution is -2.34. The topological polar surface area (TPSA) is 71.3 Å². The Balaban J connectivity index is 1.33. The molecule has 27 heavy (non-hydrogen) atoms. The molecule has 0 radical (unpaired) electrons. The van der Waals surface area contributed by atoms with Crippen LogP contribution in [0, 0.1) is 5.41 Å². The number of hydrogen-bond acceptors (Lipinski definition) is 5. The Morgan fingerprint density at radius 3 is 2.56 bits per heavy atom. The largest absolute Gasteiger partial charge is 0.403 e. The Hall–Kier alpha value is -2.65. The Bertz CT molecular complexity index is 855. The molecule has 2 aromatic rings. The zero-order valence-electron chi connectivity index (χ0n) is 14.1. The van der Waals surface area contributed by atoms with E-state index in [4.69, 9.17) is 4.42 Å². The highest BCUT2D eigenvalue weighted by Crippen LogP contribution is 2.64. The van der Waals surface area contributed by atoms with Crippen molar-refractivity contribution in [3.05, 3.63) is 29.8 Å². The summed E-state index contributed by atoms with van der Waals surface area (Å²) in [5.74, 6) is -2.88. The summed E-state index contributed by atoms with van der Waals surface area (Å²) >= 11 is 0. The van der Waals surface area contributed by atoms with Crippen LogP contribution in [0.5, 0.6) is 0 Å². The first-order valence-electron chi connectivity index (χ1n) is 8.41. The molecular weight excluding hydrogens is 368 g/mol. The van der Waals surface area contributed by atoms with E-state index < -0.39 is 17.8 Å². The number of amides is 1. The third kappa shape index (κ3) is 3.24. The minimum atomic E-state index is -2.67. The quantitative estimate of drug-likeness (QED) is 0.801. The zero-order chi connectivity index (χ0) is 19.2. The molecule has 144 valence electrons. The second kappa shape index (κ2) is 6.21. The van der Waals surface area contributed by atoms with E-state index in [1.165, 1.54) is 29.2 Å². The number of halogens is 4. The molecule has 1 saturated carbocycles. The van der Waals surface area contributed by atoms with Crippen molar-refractivity contribution in [2.75, 3.05) is 25.0 Å². The highest BCUT2D eigenvalue weighted by molar-refractivity contribution is 5.80. The van der Waals surface area contributed by atoms with Gasteiger partial charge in [-0.2, -0.15) is 0 Å². The first-order chi connectivity index (χ1) is 12.8. The van der Waals surface area contributed by atoms with Crippen LogP contribution < -0.4 is 5.32 Å². The fourth-order valence-electron chi connectivity index (χ4n) is 3.35. The number of hydrogen-bond donors (Lipinski definition) is 1. The molecule has 1 aliphatic heterocycles. The van der Waals surface area contributed by atoms with Crippen molar-refractivity contribution in [2.24, 2.45) is 5.41 Å². The van der Waals surface area contributed by atoms with Gasteiger partial charge in [0.1, 0.15) is 0 Å². The van der Waals surface area contributed by atoms with Gasteiger partial charge in [-0.1, -0.05) is 17.2 Å². The van der Waals surface area contributed by atoms with Gasteiger partial charge < -0.3 is 14.6 Å². The number of benzene rings is 1. The van der Waals surface area contributed by atoms with Crippen LogP contribution in [-0.4, -0.2) is 46.6 Å². The van der Waals surface area contributed by atoms with E-state index in [0.29, 0.717) is 18.5 Å². The molecule has 1 aromatic heterocycles. The van der Waals surface area contributed by atoms with Crippen LogP contribution in [0.15, 0.2) is 28.7 Å². The molecule has 1 aliphatic carbocycles. The smallest absolute Gasteiger partial charge is 0.316 e. The maximum absolute atomic E-state index is 13.4. The molecule has 0 bridgehead atoms.